The van der Waals surface area contributed by atoms with E-state index in [-0.39, 0.29) is 0 Å². The summed E-state index contributed by atoms with van der Waals surface area (Å²) in [6.45, 7) is 5.51. The molecule has 78 valence electrons. The number of nitrogens with zero attached hydrogens (tertiary/aromatic N) is 2. The van der Waals surface area contributed by atoms with Crippen molar-refractivity contribution in [2.75, 3.05) is 6.54 Å². The van der Waals surface area contributed by atoms with E-state index in [1.807, 2.05) is 6.20 Å². The zero-order valence-electron chi connectivity index (χ0n) is 9.03. The summed E-state index contributed by atoms with van der Waals surface area (Å²) in [6.07, 6.45) is 5.80. The fourth-order valence-corrected chi connectivity index (χ4v) is 2.14. The van der Waals surface area contributed by atoms with E-state index in [9.17, 15) is 0 Å². The highest BCUT2D eigenvalue weighted by molar-refractivity contribution is 5.08. The lowest BCUT2D eigenvalue weighted by molar-refractivity contribution is 0.375. The van der Waals surface area contributed by atoms with Crippen LogP contribution in [0.1, 0.15) is 50.9 Å². The molecule has 1 aromatic heterocycles. The third kappa shape index (κ3) is 1.82. The summed E-state index contributed by atoms with van der Waals surface area (Å²) < 4.78 is 2.13. The number of rotatable bonds is 2. The molecular formula is C11H19N3. The molecule has 2 rings (SSSR count). The quantitative estimate of drug-likeness (QED) is 0.781. The molecule has 0 bridgehead atoms. The molecule has 1 aromatic rings. The predicted molar refractivity (Wildman–Crippen MR) is 57.2 cm³/mol. The van der Waals surface area contributed by atoms with Gasteiger partial charge in [-0.2, -0.15) is 5.10 Å². The van der Waals surface area contributed by atoms with Crippen LogP contribution < -0.4 is 5.32 Å². The van der Waals surface area contributed by atoms with Crippen molar-refractivity contribution in [1.29, 1.82) is 0 Å². The van der Waals surface area contributed by atoms with Gasteiger partial charge in [0.25, 0.3) is 0 Å². The van der Waals surface area contributed by atoms with Crippen molar-refractivity contribution in [3.8, 4) is 0 Å². The van der Waals surface area contributed by atoms with Crippen LogP contribution >= 0.6 is 0 Å². The van der Waals surface area contributed by atoms with Crippen molar-refractivity contribution in [3.63, 3.8) is 0 Å². The largest absolute Gasteiger partial charge is 0.309 e. The van der Waals surface area contributed by atoms with Gasteiger partial charge in [-0.05, 0) is 39.3 Å². The van der Waals surface area contributed by atoms with Crippen LogP contribution in [0.2, 0.25) is 0 Å². The smallest absolute Gasteiger partial charge is 0.0556 e. The molecule has 1 unspecified atom stereocenters. The normalized spacial score (nSPS) is 22.9. The molecule has 0 aromatic carbocycles. The van der Waals surface area contributed by atoms with Crippen LogP contribution in [0.5, 0.6) is 0 Å². The molecule has 1 atom stereocenters. The fraction of sp³-hybridized carbons (Fsp3) is 0.727. The van der Waals surface area contributed by atoms with Crippen molar-refractivity contribution in [2.45, 2.75) is 45.2 Å². The minimum Gasteiger partial charge on any atom is -0.309 e. The second-order valence-electron chi connectivity index (χ2n) is 4.30. The number of hydrogen-bond acceptors (Lipinski definition) is 2. The van der Waals surface area contributed by atoms with Gasteiger partial charge in [-0.15, -0.1) is 0 Å². The van der Waals surface area contributed by atoms with E-state index in [2.05, 4.69) is 35.0 Å². The molecule has 1 aliphatic rings. The predicted octanol–water partition coefficient (Wildman–Crippen LogP) is 2.28. The van der Waals surface area contributed by atoms with Gasteiger partial charge in [0, 0.05) is 18.3 Å². The number of aromatic nitrogens is 2. The number of piperidine rings is 1. The van der Waals surface area contributed by atoms with Crippen LogP contribution in [0.3, 0.4) is 0 Å². The second kappa shape index (κ2) is 4.13. The summed E-state index contributed by atoms with van der Waals surface area (Å²) in [4.78, 5) is 0. The summed E-state index contributed by atoms with van der Waals surface area (Å²) in [5.74, 6) is 0. The first-order chi connectivity index (χ1) is 6.79. The minimum atomic E-state index is 0.462. The van der Waals surface area contributed by atoms with Gasteiger partial charge in [0.1, 0.15) is 0 Å². The molecule has 0 aliphatic carbocycles. The SMILES string of the molecule is CC(C)n1nccc1C1CCCCN1. The van der Waals surface area contributed by atoms with Crippen LogP contribution in [-0.4, -0.2) is 16.3 Å². The zero-order valence-corrected chi connectivity index (χ0v) is 9.03. The summed E-state index contributed by atoms with van der Waals surface area (Å²) in [7, 11) is 0. The first kappa shape index (κ1) is 9.71. The van der Waals surface area contributed by atoms with Crippen LogP contribution in [0, 0.1) is 0 Å². The van der Waals surface area contributed by atoms with E-state index >= 15 is 0 Å². The summed E-state index contributed by atoms with van der Waals surface area (Å²) >= 11 is 0. The molecule has 3 nitrogen and oxygen atoms in total. The van der Waals surface area contributed by atoms with Gasteiger partial charge in [0.2, 0.25) is 0 Å². The Bertz CT molecular complexity index is 284. The average molecular weight is 193 g/mol. The number of nitrogens with one attached hydrogen (secondary N) is 1. The standard InChI is InChI=1S/C11H19N3/c1-9(2)14-11(6-8-13-14)10-5-3-4-7-12-10/h6,8-10,12H,3-5,7H2,1-2H3. The molecule has 0 saturated carbocycles. The van der Waals surface area contributed by atoms with Gasteiger partial charge in [0.15, 0.2) is 0 Å². The van der Waals surface area contributed by atoms with Crippen molar-refractivity contribution < 1.29 is 0 Å². The maximum Gasteiger partial charge on any atom is 0.0556 e. The summed E-state index contributed by atoms with van der Waals surface area (Å²) in [5, 5.41) is 7.92. The fourth-order valence-electron chi connectivity index (χ4n) is 2.14. The molecule has 14 heavy (non-hydrogen) atoms. The summed E-state index contributed by atoms with van der Waals surface area (Å²) in [6, 6.07) is 3.13. The minimum absolute atomic E-state index is 0.462. The van der Waals surface area contributed by atoms with Crippen molar-refractivity contribution in [3.05, 3.63) is 18.0 Å². The first-order valence-electron chi connectivity index (χ1n) is 5.56. The lowest BCUT2D eigenvalue weighted by atomic mass is 10.0. The van der Waals surface area contributed by atoms with E-state index in [4.69, 9.17) is 0 Å². The topological polar surface area (TPSA) is 29.9 Å². The maximum absolute atomic E-state index is 4.37. The van der Waals surface area contributed by atoms with E-state index in [1.165, 1.54) is 25.0 Å². The maximum atomic E-state index is 4.37. The van der Waals surface area contributed by atoms with Crippen molar-refractivity contribution in [2.24, 2.45) is 0 Å². The molecule has 3 heteroatoms. The van der Waals surface area contributed by atoms with Gasteiger partial charge in [-0.1, -0.05) is 6.42 Å². The highest BCUT2D eigenvalue weighted by Crippen LogP contribution is 2.24. The molecule has 1 aliphatic heterocycles. The van der Waals surface area contributed by atoms with Crippen LogP contribution in [0.15, 0.2) is 12.3 Å². The van der Waals surface area contributed by atoms with Crippen LogP contribution in [0.4, 0.5) is 0 Å². The summed E-state index contributed by atoms with van der Waals surface area (Å²) in [5.41, 5.74) is 1.35. The third-order valence-electron chi connectivity index (χ3n) is 2.86. The molecule has 1 N–H and O–H groups in total. The van der Waals surface area contributed by atoms with Crippen LogP contribution in [0.25, 0.3) is 0 Å². The Balaban J connectivity index is 2.17. The Morgan fingerprint density at radius 2 is 2.36 bits per heavy atom. The Kier molecular flexibility index (Phi) is 2.87. The Morgan fingerprint density at radius 3 is 3.00 bits per heavy atom. The van der Waals surface area contributed by atoms with E-state index in [0.717, 1.165) is 6.54 Å². The van der Waals surface area contributed by atoms with Crippen LogP contribution in [-0.2, 0) is 0 Å². The monoisotopic (exact) mass is 193 g/mol. The molecule has 0 radical (unpaired) electrons. The van der Waals surface area contributed by atoms with Crippen molar-refractivity contribution in [1.82, 2.24) is 15.1 Å². The molecule has 0 amide bonds. The molecule has 0 spiro atoms. The molecular weight excluding hydrogens is 174 g/mol. The van der Waals surface area contributed by atoms with Gasteiger partial charge in [-0.25, -0.2) is 0 Å². The van der Waals surface area contributed by atoms with E-state index in [0.29, 0.717) is 12.1 Å². The van der Waals surface area contributed by atoms with E-state index < -0.39 is 0 Å². The van der Waals surface area contributed by atoms with Gasteiger partial charge < -0.3 is 5.32 Å². The highest BCUT2D eigenvalue weighted by atomic mass is 15.3. The third-order valence-corrected chi connectivity index (χ3v) is 2.86. The Labute approximate surface area is 85.5 Å². The lowest BCUT2D eigenvalue weighted by Crippen LogP contribution is -2.29. The molecule has 1 fully saturated rings. The van der Waals surface area contributed by atoms with Gasteiger partial charge in [0.05, 0.1) is 5.69 Å². The Hall–Kier alpha value is -0.830. The zero-order chi connectivity index (χ0) is 9.97. The second-order valence-corrected chi connectivity index (χ2v) is 4.30. The van der Waals surface area contributed by atoms with Gasteiger partial charge in [-0.3, -0.25) is 4.68 Å². The number of hydrogen-bond donors (Lipinski definition) is 1. The first-order valence-corrected chi connectivity index (χ1v) is 5.56. The molecule has 2 heterocycles. The molecule has 1 saturated heterocycles. The Morgan fingerprint density at radius 1 is 1.50 bits per heavy atom. The van der Waals surface area contributed by atoms with Gasteiger partial charge >= 0.3 is 0 Å². The highest BCUT2D eigenvalue weighted by Gasteiger charge is 2.19. The van der Waals surface area contributed by atoms with E-state index in [1.54, 1.807) is 0 Å². The lowest BCUT2D eigenvalue weighted by Gasteiger charge is -2.25. The van der Waals surface area contributed by atoms with Crippen molar-refractivity contribution >= 4 is 0 Å². The average Bonchev–Trinajstić information content (AvgIpc) is 2.67.